The zero-order chi connectivity index (χ0) is 13.2. The second kappa shape index (κ2) is 4.90. The van der Waals surface area contributed by atoms with Gasteiger partial charge in [0, 0.05) is 17.6 Å². The quantitative estimate of drug-likeness (QED) is 0.911. The van der Waals surface area contributed by atoms with Gasteiger partial charge >= 0.3 is 0 Å². The maximum absolute atomic E-state index is 8.84. The molecule has 1 aromatic carbocycles. The molecule has 3 rings (SSSR count). The van der Waals surface area contributed by atoms with Crippen molar-refractivity contribution in [1.82, 2.24) is 4.98 Å². The third-order valence-electron chi connectivity index (χ3n) is 3.46. The van der Waals surface area contributed by atoms with Gasteiger partial charge < -0.3 is 10.6 Å². The average Bonchev–Trinajstić information content (AvgIpc) is 3.07. The number of nitriles is 1. The summed E-state index contributed by atoms with van der Waals surface area (Å²) in [7, 11) is 0. The van der Waals surface area contributed by atoms with Crippen LogP contribution in [0, 0.1) is 11.3 Å². The molecular weight excluding hydrogens is 256 g/mol. The van der Waals surface area contributed by atoms with Gasteiger partial charge in [-0.2, -0.15) is 5.26 Å². The maximum atomic E-state index is 8.84. The molecular formula is C14H14N4S. The summed E-state index contributed by atoms with van der Waals surface area (Å²) >= 11 is 1.49. The number of anilines is 2. The topological polar surface area (TPSA) is 65.9 Å². The Morgan fingerprint density at radius 3 is 2.79 bits per heavy atom. The van der Waals surface area contributed by atoms with E-state index in [1.54, 1.807) is 0 Å². The SMILES string of the molecule is N#Cc1ccc(N2CCC[C@@H]2c2csc(N)n2)cc1. The summed E-state index contributed by atoms with van der Waals surface area (Å²) in [5.74, 6) is 0. The van der Waals surface area contributed by atoms with Crippen molar-refractivity contribution >= 4 is 22.2 Å². The van der Waals surface area contributed by atoms with Crippen molar-refractivity contribution in [3.8, 4) is 6.07 Å². The fraction of sp³-hybridized carbons (Fsp3) is 0.286. The molecule has 5 heteroatoms. The van der Waals surface area contributed by atoms with Gasteiger partial charge in [0.2, 0.25) is 0 Å². The zero-order valence-electron chi connectivity index (χ0n) is 10.4. The fourth-order valence-electron chi connectivity index (χ4n) is 2.56. The number of nitrogens with two attached hydrogens (primary N) is 1. The van der Waals surface area contributed by atoms with Crippen molar-refractivity contribution in [1.29, 1.82) is 5.26 Å². The molecule has 1 aromatic heterocycles. The summed E-state index contributed by atoms with van der Waals surface area (Å²) in [6.07, 6.45) is 2.26. The van der Waals surface area contributed by atoms with Gasteiger partial charge in [0.25, 0.3) is 0 Å². The molecule has 19 heavy (non-hydrogen) atoms. The molecule has 2 N–H and O–H groups in total. The van der Waals surface area contributed by atoms with Gasteiger partial charge in [-0.1, -0.05) is 0 Å². The molecule has 0 amide bonds. The highest BCUT2D eigenvalue weighted by molar-refractivity contribution is 7.13. The van der Waals surface area contributed by atoms with Gasteiger partial charge in [-0.15, -0.1) is 11.3 Å². The highest BCUT2D eigenvalue weighted by Crippen LogP contribution is 2.36. The van der Waals surface area contributed by atoms with E-state index in [2.05, 4.69) is 16.0 Å². The van der Waals surface area contributed by atoms with Crippen LogP contribution < -0.4 is 10.6 Å². The third kappa shape index (κ3) is 2.27. The Hall–Kier alpha value is -2.06. The van der Waals surface area contributed by atoms with Crippen molar-refractivity contribution in [2.24, 2.45) is 0 Å². The number of nitrogens with zero attached hydrogens (tertiary/aromatic N) is 3. The van der Waals surface area contributed by atoms with Crippen LogP contribution in [0.5, 0.6) is 0 Å². The van der Waals surface area contributed by atoms with Crippen molar-refractivity contribution in [2.75, 3.05) is 17.2 Å². The van der Waals surface area contributed by atoms with E-state index in [1.165, 1.54) is 11.3 Å². The zero-order valence-corrected chi connectivity index (χ0v) is 11.2. The molecule has 4 nitrogen and oxygen atoms in total. The van der Waals surface area contributed by atoms with Crippen LogP contribution in [0.1, 0.15) is 30.1 Å². The average molecular weight is 270 g/mol. The minimum absolute atomic E-state index is 0.307. The number of aromatic nitrogens is 1. The van der Waals surface area contributed by atoms with E-state index in [9.17, 15) is 0 Å². The summed E-state index contributed by atoms with van der Waals surface area (Å²) in [6.45, 7) is 1.02. The fourth-order valence-corrected chi connectivity index (χ4v) is 3.17. The van der Waals surface area contributed by atoms with E-state index < -0.39 is 0 Å². The Balaban J connectivity index is 1.88. The van der Waals surface area contributed by atoms with Gasteiger partial charge in [-0.3, -0.25) is 0 Å². The summed E-state index contributed by atoms with van der Waals surface area (Å²) < 4.78 is 0. The first-order chi connectivity index (χ1) is 9.28. The largest absolute Gasteiger partial charge is 0.375 e. The van der Waals surface area contributed by atoms with Crippen LogP contribution in [-0.2, 0) is 0 Å². The van der Waals surface area contributed by atoms with Crippen LogP contribution in [0.25, 0.3) is 0 Å². The monoisotopic (exact) mass is 270 g/mol. The molecule has 2 heterocycles. The first-order valence-corrected chi connectivity index (χ1v) is 7.13. The predicted molar refractivity (Wildman–Crippen MR) is 77.0 cm³/mol. The molecule has 1 aliphatic heterocycles. The standard InChI is InChI=1S/C14H14N4S/c15-8-10-3-5-11(6-4-10)18-7-1-2-13(18)12-9-19-14(16)17-12/h3-6,9,13H,1-2,7H2,(H2,16,17)/t13-/m1/s1. The van der Waals surface area contributed by atoms with Gasteiger partial charge in [0.05, 0.1) is 23.4 Å². The molecule has 1 atom stereocenters. The molecule has 0 radical (unpaired) electrons. The number of benzene rings is 1. The first-order valence-electron chi connectivity index (χ1n) is 6.25. The van der Waals surface area contributed by atoms with Crippen LogP contribution >= 0.6 is 11.3 Å². The maximum Gasteiger partial charge on any atom is 0.180 e. The predicted octanol–water partition coefficient (Wildman–Crippen LogP) is 2.94. The van der Waals surface area contributed by atoms with Crippen LogP contribution in [0.3, 0.4) is 0 Å². The Morgan fingerprint density at radius 2 is 2.16 bits per heavy atom. The third-order valence-corrected chi connectivity index (χ3v) is 4.15. The van der Waals surface area contributed by atoms with E-state index in [-0.39, 0.29) is 0 Å². The Morgan fingerprint density at radius 1 is 1.37 bits per heavy atom. The van der Waals surface area contributed by atoms with Crippen LogP contribution in [0.15, 0.2) is 29.6 Å². The molecule has 0 unspecified atom stereocenters. The molecule has 96 valence electrons. The summed E-state index contributed by atoms with van der Waals surface area (Å²) in [5.41, 5.74) is 8.62. The van der Waals surface area contributed by atoms with E-state index in [1.807, 2.05) is 29.6 Å². The lowest BCUT2D eigenvalue weighted by molar-refractivity contribution is 0.701. The molecule has 1 fully saturated rings. The summed E-state index contributed by atoms with van der Waals surface area (Å²) in [5, 5.41) is 11.5. The van der Waals surface area contributed by atoms with Crippen molar-refractivity contribution in [2.45, 2.75) is 18.9 Å². The van der Waals surface area contributed by atoms with Crippen molar-refractivity contribution in [3.05, 3.63) is 40.9 Å². The van der Waals surface area contributed by atoms with Crippen molar-refractivity contribution in [3.63, 3.8) is 0 Å². The normalized spacial score (nSPS) is 18.5. The second-order valence-electron chi connectivity index (χ2n) is 4.62. The highest BCUT2D eigenvalue weighted by Gasteiger charge is 2.27. The van der Waals surface area contributed by atoms with E-state index in [0.29, 0.717) is 16.7 Å². The Kier molecular flexibility index (Phi) is 3.10. The van der Waals surface area contributed by atoms with E-state index >= 15 is 0 Å². The second-order valence-corrected chi connectivity index (χ2v) is 5.51. The first kappa shape index (κ1) is 12.0. The molecule has 1 aliphatic rings. The molecule has 1 saturated heterocycles. The van der Waals surface area contributed by atoms with Gasteiger partial charge in [-0.25, -0.2) is 4.98 Å². The van der Waals surface area contributed by atoms with Gasteiger partial charge in [0.15, 0.2) is 5.13 Å². The Bertz CT molecular complexity index is 611. The lowest BCUT2D eigenvalue weighted by Gasteiger charge is -2.25. The minimum Gasteiger partial charge on any atom is -0.375 e. The van der Waals surface area contributed by atoms with Gasteiger partial charge in [0.1, 0.15) is 0 Å². The molecule has 0 spiro atoms. The van der Waals surface area contributed by atoms with E-state index in [0.717, 1.165) is 30.8 Å². The number of nitrogen functional groups attached to an aromatic ring is 1. The van der Waals surface area contributed by atoms with Gasteiger partial charge in [-0.05, 0) is 37.1 Å². The van der Waals surface area contributed by atoms with Crippen LogP contribution in [0.4, 0.5) is 10.8 Å². The lowest BCUT2D eigenvalue weighted by atomic mass is 10.1. The number of hydrogen-bond acceptors (Lipinski definition) is 5. The smallest absolute Gasteiger partial charge is 0.180 e. The van der Waals surface area contributed by atoms with Crippen LogP contribution in [0.2, 0.25) is 0 Å². The van der Waals surface area contributed by atoms with Crippen LogP contribution in [-0.4, -0.2) is 11.5 Å². The molecule has 0 aliphatic carbocycles. The highest BCUT2D eigenvalue weighted by atomic mass is 32.1. The molecule has 2 aromatic rings. The summed E-state index contributed by atoms with van der Waals surface area (Å²) in [6, 6.07) is 10.2. The molecule has 0 bridgehead atoms. The van der Waals surface area contributed by atoms with Crippen molar-refractivity contribution < 1.29 is 0 Å². The Labute approximate surface area is 116 Å². The van der Waals surface area contributed by atoms with E-state index in [4.69, 9.17) is 11.0 Å². The molecule has 0 saturated carbocycles. The minimum atomic E-state index is 0.307. The number of thiazole rings is 1. The number of rotatable bonds is 2. The lowest BCUT2D eigenvalue weighted by Crippen LogP contribution is -2.22. The summed E-state index contributed by atoms with van der Waals surface area (Å²) in [4.78, 5) is 6.75. The number of hydrogen-bond donors (Lipinski definition) is 1.